The number of anilines is 1. The maximum Gasteiger partial charge on any atom is 0.412 e. The molecule has 0 unspecified atom stereocenters. The van der Waals surface area contributed by atoms with E-state index in [1.165, 1.54) is 0 Å². The Labute approximate surface area is 119 Å². The maximum atomic E-state index is 11.6. The van der Waals surface area contributed by atoms with Gasteiger partial charge in [0.15, 0.2) is 5.15 Å². The number of nitrogens with zero attached hydrogens (tertiary/aromatic N) is 1. The topological polar surface area (TPSA) is 88.5 Å². The van der Waals surface area contributed by atoms with E-state index in [-0.39, 0.29) is 21.6 Å². The summed E-state index contributed by atoms with van der Waals surface area (Å²) in [6.07, 6.45) is -0.832. The zero-order valence-corrected chi connectivity index (χ0v) is 12.0. The fourth-order valence-electron chi connectivity index (χ4n) is 1.18. The van der Waals surface area contributed by atoms with Crippen molar-refractivity contribution in [1.82, 2.24) is 4.98 Å². The van der Waals surface area contributed by atoms with E-state index < -0.39 is 17.7 Å². The van der Waals surface area contributed by atoms with Gasteiger partial charge in [0.2, 0.25) is 0 Å². The molecule has 8 heteroatoms. The van der Waals surface area contributed by atoms with Crippen molar-refractivity contribution in [2.75, 3.05) is 5.32 Å². The number of nitrogens with one attached hydrogen (secondary N) is 1. The normalized spacial score (nSPS) is 11.0. The lowest BCUT2D eigenvalue weighted by Crippen LogP contribution is -2.28. The van der Waals surface area contributed by atoms with Crippen LogP contribution in [0, 0.1) is 0 Å². The van der Waals surface area contributed by atoms with Gasteiger partial charge in [-0.15, -0.1) is 0 Å². The first-order chi connectivity index (χ1) is 8.60. The van der Waals surface area contributed by atoms with Crippen molar-refractivity contribution in [1.29, 1.82) is 0 Å². The zero-order valence-electron chi connectivity index (χ0n) is 10.5. The predicted octanol–water partition coefficient (Wildman–Crippen LogP) is 3.43. The minimum absolute atomic E-state index is 0.0860. The molecule has 0 saturated heterocycles. The van der Waals surface area contributed by atoms with Crippen LogP contribution in [0.5, 0.6) is 0 Å². The summed E-state index contributed by atoms with van der Waals surface area (Å²) in [6.45, 7) is 5.02. The number of carbonyl (C=O) groups excluding carboxylic acids is 1. The minimum atomic E-state index is -1.29. The van der Waals surface area contributed by atoms with Gasteiger partial charge >= 0.3 is 12.1 Å². The second-order valence-electron chi connectivity index (χ2n) is 4.59. The van der Waals surface area contributed by atoms with Gasteiger partial charge in [-0.1, -0.05) is 23.2 Å². The Kier molecular flexibility index (Phi) is 4.60. The molecule has 1 aromatic heterocycles. The van der Waals surface area contributed by atoms with Crippen molar-refractivity contribution in [2.45, 2.75) is 26.4 Å². The number of amides is 1. The first kappa shape index (κ1) is 15.5. The van der Waals surface area contributed by atoms with Crippen LogP contribution in [0.4, 0.5) is 10.5 Å². The summed E-state index contributed by atoms with van der Waals surface area (Å²) >= 11 is 11.4. The van der Waals surface area contributed by atoms with Gasteiger partial charge in [-0.2, -0.15) is 0 Å². The molecule has 0 radical (unpaired) electrons. The lowest BCUT2D eigenvalue weighted by atomic mass is 10.2. The highest BCUT2D eigenvalue weighted by Crippen LogP contribution is 2.27. The Morgan fingerprint density at radius 2 is 1.95 bits per heavy atom. The van der Waals surface area contributed by atoms with Gasteiger partial charge in [-0.3, -0.25) is 5.32 Å². The highest BCUT2D eigenvalue weighted by Gasteiger charge is 2.22. The van der Waals surface area contributed by atoms with E-state index in [9.17, 15) is 9.59 Å². The molecule has 0 atom stereocenters. The molecular weight excluding hydrogens is 295 g/mol. The fraction of sp³-hybridized carbons (Fsp3) is 0.364. The average molecular weight is 307 g/mol. The lowest BCUT2D eigenvalue weighted by Gasteiger charge is -2.20. The molecule has 104 valence electrons. The largest absolute Gasteiger partial charge is 0.478 e. The summed E-state index contributed by atoms with van der Waals surface area (Å²) in [5, 5.41) is 11.0. The molecule has 19 heavy (non-hydrogen) atoms. The van der Waals surface area contributed by atoms with Gasteiger partial charge < -0.3 is 9.84 Å². The number of aromatic carboxylic acids is 1. The van der Waals surface area contributed by atoms with Gasteiger partial charge in [-0.25, -0.2) is 14.6 Å². The smallest absolute Gasteiger partial charge is 0.412 e. The van der Waals surface area contributed by atoms with Crippen molar-refractivity contribution < 1.29 is 19.4 Å². The molecule has 1 amide bonds. The number of carboxylic acids is 1. The van der Waals surface area contributed by atoms with Crippen molar-refractivity contribution in [2.24, 2.45) is 0 Å². The first-order valence-electron chi connectivity index (χ1n) is 5.19. The number of halogens is 2. The van der Waals surface area contributed by atoms with Crippen molar-refractivity contribution in [3.63, 3.8) is 0 Å². The third-order valence-electron chi connectivity index (χ3n) is 1.80. The van der Waals surface area contributed by atoms with Gasteiger partial charge in [0.1, 0.15) is 10.8 Å². The summed E-state index contributed by atoms with van der Waals surface area (Å²) in [4.78, 5) is 26.3. The van der Waals surface area contributed by atoms with Crippen molar-refractivity contribution >= 4 is 41.0 Å². The highest BCUT2D eigenvalue weighted by molar-refractivity contribution is 6.35. The van der Waals surface area contributed by atoms with Crippen LogP contribution in [0.3, 0.4) is 0 Å². The Balaban J connectivity index is 3.07. The van der Waals surface area contributed by atoms with E-state index in [0.29, 0.717) is 0 Å². The van der Waals surface area contributed by atoms with E-state index in [2.05, 4.69) is 10.3 Å². The Hall–Kier alpha value is -1.53. The third-order valence-corrected chi connectivity index (χ3v) is 2.27. The van der Waals surface area contributed by atoms with Gasteiger partial charge in [0.05, 0.1) is 11.3 Å². The van der Waals surface area contributed by atoms with Crippen LogP contribution >= 0.6 is 23.2 Å². The molecule has 0 bridgehead atoms. The van der Waals surface area contributed by atoms with E-state index >= 15 is 0 Å². The Morgan fingerprint density at radius 1 is 1.37 bits per heavy atom. The standard InChI is InChI=1S/C11H12Cl2N2O4/c1-11(2,3)19-10(18)15-7-5(9(16)17)4-6(12)14-8(7)13/h4H,1-3H3,(H,15,18)(H,16,17). The number of aromatic nitrogens is 1. The Bertz CT molecular complexity index is 526. The molecule has 0 saturated carbocycles. The van der Waals surface area contributed by atoms with Crippen molar-refractivity contribution in [3.8, 4) is 0 Å². The van der Waals surface area contributed by atoms with Crippen LogP contribution in [0.2, 0.25) is 10.3 Å². The molecule has 2 N–H and O–H groups in total. The summed E-state index contributed by atoms with van der Waals surface area (Å²) in [7, 11) is 0. The molecule has 0 spiro atoms. The zero-order chi connectivity index (χ0) is 14.8. The number of carboxylic acid groups (broad SMARTS) is 1. The molecule has 1 heterocycles. The molecule has 0 aliphatic rings. The summed E-state index contributed by atoms with van der Waals surface area (Å²) < 4.78 is 5.00. The summed E-state index contributed by atoms with van der Waals surface area (Å²) in [5.74, 6) is -1.29. The molecular formula is C11H12Cl2N2O4. The fourth-order valence-corrected chi connectivity index (χ4v) is 1.65. The summed E-state index contributed by atoms with van der Waals surface area (Å²) in [5.41, 5.74) is -1.15. The number of hydrogen-bond donors (Lipinski definition) is 2. The van der Waals surface area contributed by atoms with Gasteiger partial charge in [0.25, 0.3) is 0 Å². The van der Waals surface area contributed by atoms with Crippen LogP contribution in [-0.2, 0) is 4.74 Å². The monoisotopic (exact) mass is 306 g/mol. The maximum absolute atomic E-state index is 11.6. The molecule has 0 aromatic carbocycles. The molecule has 0 fully saturated rings. The number of pyridine rings is 1. The SMILES string of the molecule is CC(C)(C)OC(=O)Nc1c(C(=O)O)cc(Cl)nc1Cl. The van der Waals surface area contributed by atoms with Crippen molar-refractivity contribution in [3.05, 3.63) is 21.9 Å². The quantitative estimate of drug-likeness (QED) is 0.817. The van der Waals surface area contributed by atoms with Crippen LogP contribution in [-0.4, -0.2) is 27.8 Å². The molecule has 6 nitrogen and oxygen atoms in total. The van der Waals surface area contributed by atoms with Crippen LogP contribution in [0.1, 0.15) is 31.1 Å². The highest BCUT2D eigenvalue weighted by atomic mass is 35.5. The first-order valence-corrected chi connectivity index (χ1v) is 5.95. The number of rotatable bonds is 2. The molecule has 1 rings (SSSR count). The van der Waals surface area contributed by atoms with Crippen LogP contribution in [0.25, 0.3) is 0 Å². The van der Waals surface area contributed by atoms with E-state index in [1.54, 1.807) is 20.8 Å². The van der Waals surface area contributed by atoms with Gasteiger partial charge in [-0.05, 0) is 26.8 Å². The van der Waals surface area contributed by atoms with E-state index in [4.69, 9.17) is 33.0 Å². The molecule has 1 aromatic rings. The molecule has 0 aliphatic heterocycles. The van der Waals surface area contributed by atoms with Crippen LogP contribution < -0.4 is 5.32 Å². The third kappa shape index (κ3) is 4.57. The number of ether oxygens (including phenoxy) is 1. The van der Waals surface area contributed by atoms with E-state index in [0.717, 1.165) is 6.07 Å². The van der Waals surface area contributed by atoms with Gasteiger partial charge in [0, 0.05) is 0 Å². The average Bonchev–Trinajstić information content (AvgIpc) is 2.18. The molecule has 0 aliphatic carbocycles. The number of carbonyl (C=O) groups is 2. The van der Waals surface area contributed by atoms with Crippen LogP contribution in [0.15, 0.2) is 6.07 Å². The lowest BCUT2D eigenvalue weighted by molar-refractivity contribution is 0.0636. The predicted molar refractivity (Wildman–Crippen MR) is 71.1 cm³/mol. The Morgan fingerprint density at radius 3 is 2.42 bits per heavy atom. The van der Waals surface area contributed by atoms with E-state index in [1.807, 2.05) is 0 Å². The number of hydrogen-bond acceptors (Lipinski definition) is 4. The summed E-state index contributed by atoms with van der Waals surface area (Å²) in [6, 6.07) is 1.09. The minimum Gasteiger partial charge on any atom is -0.478 e. The second-order valence-corrected chi connectivity index (χ2v) is 5.34. The second kappa shape index (κ2) is 5.63.